The van der Waals surface area contributed by atoms with E-state index >= 15 is 0 Å². The molecule has 4 rings (SSSR count). The molecule has 0 atom stereocenters. The van der Waals surface area contributed by atoms with Gasteiger partial charge in [-0.25, -0.2) is 9.97 Å². The van der Waals surface area contributed by atoms with E-state index in [1.54, 1.807) is 7.11 Å². The molecule has 130 valence electrons. The number of hydrogen-bond donors (Lipinski definition) is 1. The van der Waals surface area contributed by atoms with Crippen LogP contribution in [0.2, 0.25) is 0 Å². The van der Waals surface area contributed by atoms with Crippen LogP contribution in [0.5, 0.6) is 5.75 Å². The molecule has 3 heterocycles. The molecular formula is C19H23N5O. The zero-order valence-corrected chi connectivity index (χ0v) is 14.9. The molecule has 1 saturated heterocycles. The highest BCUT2D eigenvalue weighted by atomic mass is 16.5. The van der Waals surface area contributed by atoms with Gasteiger partial charge in [0.05, 0.1) is 18.2 Å². The number of piperazine rings is 1. The molecule has 1 aliphatic heterocycles. The SMILES string of the molecule is COc1ccccc1N1CCN(c2nc(C)nc3[nH]c(C)cc23)CC1. The van der Waals surface area contributed by atoms with Crippen molar-refractivity contribution in [2.24, 2.45) is 0 Å². The van der Waals surface area contributed by atoms with Crippen LogP contribution >= 0.6 is 0 Å². The van der Waals surface area contributed by atoms with E-state index in [0.29, 0.717) is 0 Å². The van der Waals surface area contributed by atoms with E-state index in [9.17, 15) is 0 Å². The van der Waals surface area contributed by atoms with Crippen molar-refractivity contribution < 1.29 is 4.74 Å². The molecule has 0 amide bonds. The van der Waals surface area contributed by atoms with Gasteiger partial charge in [-0.15, -0.1) is 0 Å². The number of rotatable bonds is 3. The summed E-state index contributed by atoms with van der Waals surface area (Å²) in [6.07, 6.45) is 0. The normalized spacial score (nSPS) is 15.0. The summed E-state index contributed by atoms with van der Waals surface area (Å²) in [5.41, 5.74) is 3.20. The molecular weight excluding hydrogens is 314 g/mol. The fourth-order valence-electron chi connectivity index (χ4n) is 3.53. The van der Waals surface area contributed by atoms with E-state index in [2.05, 4.69) is 44.9 Å². The van der Waals surface area contributed by atoms with Crippen molar-refractivity contribution in [1.29, 1.82) is 0 Å². The molecule has 2 aromatic heterocycles. The maximum atomic E-state index is 5.51. The van der Waals surface area contributed by atoms with E-state index in [4.69, 9.17) is 9.72 Å². The van der Waals surface area contributed by atoms with Gasteiger partial charge in [0.15, 0.2) is 0 Å². The molecule has 6 nitrogen and oxygen atoms in total. The highest BCUT2D eigenvalue weighted by Crippen LogP contribution is 2.30. The first-order chi connectivity index (χ1) is 12.2. The lowest BCUT2D eigenvalue weighted by Crippen LogP contribution is -2.47. The molecule has 0 radical (unpaired) electrons. The maximum Gasteiger partial charge on any atom is 0.143 e. The molecule has 1 aromatic carbocycles. The summed E-state index contributed by atoms with van der Waals surface area (Å²) in [5, 5.41) is 1.11. The minimum atomic E-state index is 0.802. The third kappa shape index (κ3) is 2.88. The van der Waals surface area contributed by atoms with E-state index < -0.39 is 0 Å². The highest BCUT2D eigenvalue weighted by molar-refractivity contribution is 5.88. The predicted molar refractivity (Wildman–Crippen MR) is 101 cm³/mol. The first kappa shape index (κ1) is 15.7. The van der Waals surface area contributed by atoms with Gasteiger partial charge in [0.1, 0.15) is 23.0 Å². The third-order valence-corrected chi connectivity index (χ3v) is 4.72. The second-order valence-corrected chi connectivity index (χ2v) is 6.46. The van der Waals surface area contributed by atoms with Crippen molar-refractivity contribution in [2.75, 3.05) is 43.1 Å². The fourth-order valence-corrected chi connectivity index (χ4v) is 3.53. The molecule has 0 saturated carbocycles. The smallest absolute Gasteiger partial charge is 0.143 e. The fraction of sp³-hybridized carbons (Fsp3) is 0.368. The molecule has 0 spiro atoms. The number of fused-ring (bicyclic) bond motifs is 1. The maximum absolute atomic E-state index is 5.51. The van der Waals surface area contributed by atoms with Crippen LogP contribution in [0.1, 0.15) is 11.5 Å². The Morgan fingerprint density at radius 3 is 2.48 bits per heavy atom. The quantitative estimate of drug-likeness (QED) is 0.796. The number of aryl methyl sites for hydroxylation is 2. The number of ether oxygens (including phenoxy) is 1. The van der Waals surface area contributed by atoms with Gasteiger partial charge in [0, 0.05) is 31.9 Å². The number of H-pyrrole nitrogens is 1. The summed E-state index contributed by atoms with van der Waals surface area (Å²) in [7, 11) is 1.73. The van der Waals surface area contributed by atoms with Crippen molar-refractivity contribution in [3.8, 4) is 5.75 Å². The van der Waals surface area contributed by atoms with Crippen LogP contribution < -0.4 is 14.5 Å². The van der Waals surface area contributed by atoms with E-state index in [1.807, 2.05) is 19.1 Å². The monoisotopic (exact) mass is 337 g/mol. The molecule has 1 aliphatic rings. The molecule has 0 aliphatic carbocycles. The van der Waals surface area contributed by atoms with Gasteiger partial charge in [0.2, 0.25) is 0 Å². The van der Waals surface area contributed by atoms with Gasteiger partial charge < -0.3 is 19.5 Å². The Labute approximate surface area is 147 Å². The Kier molecular flexibility index (Phi) is 3.95. The molecule has 3 aromatic rings. The van der Waals surface area contributed by atoms with Gasteiger partial charge >= 0.3 is 0 Å². The number of aromatic amines is 1. The first-order valence-electron chi connectivity index (χ1n) is 8.62. The van der Waals surface area contributed by atoms with Crippen LogP contribution in [0.15, 0.2) is 30.3 Å². The number of anilines is 2. The van der Waals surface area contributed by atoms with Crippen molar-refractivity contribution in [3.05, 3.63) is 41.9 Å². The van der Waals surface area contributed by atoms with Crippen molar-refractivity contribution in [1.82, 2.24) is 15.0 Å². The van der Waals surface area contributed by atoms with Crippen LogP contribution in [-0.2, 0) is 0 Å². The Balaban J connectivity index is 1.58. The lowest BCUT2D eigenvalue weighted by molar-refractivity contribution is 0.413. The average Bonchev–Trinajstić information content (AvgIpc) is 3.01. The molecule has 0 unspecified atom stereocenters. The number of para-hydroxylation sites is 2. The predicted octanol–water partition coefficient (Wildman–Crippen LogP) is 2.91. The van der Waals surface area contributed by atoms with Gasteiger partial charge in [-0.1, -0.05) is 12.1 Å². The summed E-state index contributed by atoms with van der Waals surface area (Å²) >= 11 is 0. The topological polar surface area (TPSA) is 57.3 Å². The van der Waals surface area contributed by atoms with Crippen molar-refractivity contribution >= 4 is 22.5 Å². The van der Waals surface area contributed by atoms with Crippen molar-refractivity contribution in [3.63, 3.8) is 0 Å². The van der Waals surface area contributed by atoms with Crippen LogP contribution in [0.3, 0.4) is 0 Å². The van der Waals surface area contributed by atoms with Gasteiger partial charge in [0.25, 0.3) is 0 Å². The first-order valence-corrected chi connectivity index (χ1v) is 8.62. The van der Waals surface area contributed by atoms with Gasteiger partial charge in [-0.3, -0.25) is 0 Å². The van der Waals surface area contributed by atoms with E-state index in [1.165, 1.54) is 0 Å². The minimum absolute atomic E-state index is 0.802. The van der Waals surface area contributed by atoms with Gasteiger partial charge in [-0.05, 0) is 32.0 Å². The third-order valence-electron chi connectivity index (χ3n) is 4.72. The highest BCUT2D eigenvalue weighted by Gasteiger charge is 2.22. The Morgan fingerprint density at radius 2 is 1.72 bits per heavy atom. The van der Waals surface area contributed by atoms with Crippen molar-refractivity contribution in [2.45, 2.75) is 13.8 Å². The average molecular weight is 337 g/mol. The number of nitrogens with one attached hydrogen (secondary N) is 1. The number of hydrogen-bond acceptors (Lipinski definition) is 5. The van der Waals surface area contributed by atoms with E-state index in [-0.39, 0.29) is 0 Å². The van der Waals surface area contributed by atoms with Crippen LogP contribution in [0.4, 0.5) is 11.5 Å². The number of methoxy groups -OCH3 is 1. The van der Waals surface area contributed by atoms with Crippen LogP contribution in [0.25, 0.3) is 11.0 Å². The summed E-state index contributed by atoms with van der Waals surface area (Å²) in [6.45, 7) is 7.73. The summed E-state index contributed by atoms with van der Waals surface area (Å²) in [4.78, 5) is 17.3. The Hall–Kier alpha value is -2.76. The van der Waals surface area contributed by atoms with Crippen LogP contribution in [-0.4, -0.2) is 48.2 Å². The second-order valence-electron chi connectivity index (χ2n) is 6.46. The second kappa shape index (κ2) is 6.27. The summed E-state index contributed by atoms with van der Waals surface area (Å²) < 4.78 is 5.51. The number of nitrogens with zero attached hydrogens (tertiary/aromatic N) is 4. The standard InChI is InChI=1S/C19H23N5O/c1-13-12-15-18(20-13)21-14(2)22-19(15)24-10-8-23(9-11-24)16-6-4-5-7-17(16)25-3/h4-7,12H,8-11H2,1-3H3,(H,20,21,22). The molecule has 6 heteroatoms. The van der Waals surface area contributed by atoms with Crippen LogP contribution in [0, 0.1) is 13.8 Å². The molecule has 1 N–H and O–H groups in total. The minimum Gasteiger partial charge on any atom is -0.495 e. The lowest BCUT2D eigenvalue weighted by atomic mass is 10.2. The lowest BCUT2D eigenvalue weighted by Gasteiger charge is -2.37. The number of benzene rings is 1. The Morgan fingerprint density at radius 1 is 1.00 bits per heavy atom. The zero-order chi connectivity index (χ0) is 17.4. The van der Waals surface area contributed by atoms with Gasteiger partial charge in [-0.2, -0.15) is 0 Å². The summed E-state index contributed by atoms with van der Waals surface area (Å²) in [6, 6.07) is 10.3. The molecule has 1 fully saturated rings. The summed E-state index contributed by atoms with van der Waals surface area (Å²) in [5.74, 6) is 2.76. The zero-order valence-electron chi connectivity index (χ0n) is 14.9. The molecule has 0 bridgehead atoms. The van der Waals surface area contributed by atoms with E-state index in [0.717, 1.165) is 66.0 Å². The number of aromatic nitrogens is 3. The molecule has 25 heavy (non-hydrogen) atoms. The Bertz CT molecular complexity index is 896. The largest absolute Gasteiger partial charge is 0.495 e.